The average Bonchev–Trinajstić information content (AvgIpc) is 2.37. The van der Waals surface area contributed by atoms with Crippen LogP contribution in [0.2, 0.25) is 0 Å². The first-order valence-corrected chi connectivity index (χ1v) is 7.29. The van der Waals surface area contributed by atoms with Crippen LogP contribution in [0, 0.1) is 17.2 Å². The minimum atomic E-state index is -0.153. The fourth-order valence-corrected chi connectivity index (χ4v) is 4.00. The Morgan fingerprint density at radius 3 is 2.37 bits per heavy atom. The van der Waals surface area contributed by atoms with Crippen LogP contribution in [0.25, 0.3) is 0 Å². The molecule has 3 atom stereocenters. The summed E-state index contributed by atoms with van der Waals surface area (Å²) in [6.45, 7) is 9.25. The van der Waals surface area contributed by atoms with E-state index in [1.165, 1.54) is 18.4 Å². The summed E-state index contributed by atoms with van der Waals surface area (Å²) in [6.07, 6.45) is 2.37. The normalized spacial score (nSPS) is 31.1. The Labute approximate surface area is 116 Å². The molecule has 1 fully saturated rings. The highest BCUT2D eigenvalue weighted by Gasteiger charge is 2.55. The smallest absolute Gasteiger partial charge is 0.123 e. The second-order valence-electron chi connectivity index (χ2n) is 6.72. The van der Waals surface area contributed by atoms with E-state index in [-0.39, 0.29) is 11.2 Å². The maximum Gasteiger partial charge on any atom is 0.123 e. The number of benzene rings is 1. The van der Waals surface area contributed by atoms with Crippen molar-refractivity contribution in [2.75, 3.05) is 7.05 Å². The van der Waals surface area contributed by atoms with E-state index >= 15 is 0 Å². The van der Waals surface area contributed by atoms with E-state index in [0.29, 0.717) is 17.4 Å². The number of halogens is 1. The zero-order valence-electron chi connectivity index (χ0n) is 12.8. The van der Waals surface area contributed by atoms with Crippen molar-refractivity contribution in [3.8, 4) is 0 Å². The van der Waals surface area contributed by atoms with Crippen LogP contribution < -0.4 is 5.32 Å². The lowest BCUT2D eigenvalue weighted by Gasteiger charge is -2.60. The van der Waals surface area contributed by atoms with Crippen molar-refractivity contribution in [2.24, 2.45) is 11.3 Å². The maximum absolute atomic E-state index is 13.1. The van der Waals surface area contributed by atoms with Crippen molar-refractivity contribution in [1.82, 2.24) is 5.32 Å². The van der Waals surface area contributed by atoms with Crippen LogP contribution in [0.3, 0.4) is 0 Å². The topological polar surface area (TPSA) is 12.0 Å². The van der Waals surface area contributed by atoms with Gasteiger partial charge in [-0.2, -0.15) is 0 Å². The lowest BCUT2D eigenvalue weighted by Crippen LogP contribution is -2.62. The van der Waals surface area contributed by atoms with Gasteiger partial charge in [0.2, 0.25) is 0 Å². The van der Waals surface area contributed by atoms with E-state index in [2.05, 4.69) is 40.1 Å². The van der Waals surface area contributed by atoms with Gasteiger partial charge in [0, 0.05) is 6.04 Å². The van der Waals surface area contributed by atoms with Crippen molar-refractivity contribution >= 4 is 0 Å². The Bertz CT molecular complexity index is 437. The Morgan fingerprint density at radius 1 is 1.32 bits per heavy atom. The zero-order valence-corrected chi connectivity index (χ0v) is 12.8. The molecule has 1 aliphatic rings. The molecule has 0 spiro atoms. The fourth-order valence-electron chi connectivity index (χ4n) is 4.00. The summed E-state index contributed by atoms with van der Waals surface area (Å²) in [5.74, 6) is 0.479. The number of hydrogen-bond acceptors (Lipinski definition) is 1. The van der Waals surface area contributed by atoms with Crippen LogP contribution in [0.4, 0.5) is 4.39 Å². The summed E-state index contributed by atoms with van der Waals surface area (Å²) in [5.41, 5.74) is 1.66. The Morgan fingerprint density at radius 2 is 1.89 bits per heavy atom. The molecule has 0 bridgehead atoms. The van der Waals surface area contributed by atoms with Crippen molar-refractivity contribution in [2.45, 2.75) is 52.0 Å². The molecule has 0 saturated heterocycles. The first-order chi connectivity index (χ1) is 8.86. The third kappa shape index (κ3) is 2.20. The highest BCUT2D eigenvalue weighted by molar-refractivity contribution is 5.28. The van der Waals surface area contributed by atoms with Crippen LogP contribution in [0.5, 0.6) is 0 Å². The second kappa shape index (κ2) is 4.90. The van der Waals surface area contributed by atoms with E-state index in [1.807, 2.05) is 12.1 Å². The molecule has 0 radical (unpaired) electrons. The summed E-state index contributed by atoms with van der Waals surface area (Å²) in [7, 11) is 2.06. The largest absolute Gasteiger partial charge is 0.316 e. The first kappa shape index (κ1) is 14.5. The van der Waals surface area contributed by atoms with E-state index in [0.717, 1.165) is 0 Å². The molecule has 1 aromatic carbocycles. The number of nitrogens with one attached hydrogen (secondary N) is 1. The van der Waals surface area contributed by atoms with Crippen LogP contribution in [0.15, 0.2) is 24.3 Å². The molecule has 2 heteroatoms. The minimum absolute atomic E-state index is 0.0891. The summed E-state index contributed by atoms with van der Waals surface area (Å²) in [6, 6.07) is 7.64. The molecule has 3 unspecified atom stereocenters. The van der Waals surface area contributed by atoms with Crippen molar-refractivity contribution in [1.29, 1.82) is 0 Å². The number of hydrogen-bond donors (Lipinski definition) is 1. The molecule has 0 heterocycles. The van der Waals surface area contributed by atoms with Gasteiger partial charge in [0.05, 0.1) is 0 Å². The monoisotopic (exact) mass is 263 g/mol. The predicted molar refractivity (Wildman–Crippen MR) is 78.8 cm³/mol. The predicted octanol–water partition coefficient (Wildman–Crippen LogP) is 4.13. The van der Waals surface area contributed by atoms with E-state index in [9.17, 15) is 4.39 Å². The molecule has 0 aromatic heterocycles. The van der Waals surface area contributed by atoms with Gasteiger partial charge < -0.3 is 5.32 Å². The Hall–Kier alpha value is -0.890. The van der Waals surface area contributed by atoms with Gasteiger partial charge >= 0.3 is 0 Å². The lowest BCUT2D eigenvalue weighted by atomic mass is 9.47. The van der Waals surface area contributed by atoms with E-state index in [4.69, 9.17) is 0 Å². The highest BCUT2D eigenvalue weighted by Crippen LogP contribution is 2.57. The molecule has 1 N–H and O–H groups in total. The van der Waals surface area contributed by atoms with Gasteiger partial charge in [0.1, 0.15) is 5.82 Å². The van der Waals surface area contributed by atoms with Gasteiger partial charge in [-0.3, -0.25) is 0 Å². The third-order valence-electron chi connectivity index (χ3n) is 5.63. The highest BCUT2D eigenvalue weighted by atomic mass is 19.1. The molecule has 106 valence electrons. The lowest BCUT2D eigenvalue weighted by molar-refractivity contribution is -0.0473. The van der Waals surface area contributed by atoms with Crippen molar-refractivity contribution in [3.05, 3.63) is 35.6 Å². The van der Waals surface area contributed by atoms with Crippen molar-refractivity contribution in [3.63, 3.8) is 0 Å². The fraction of sp³-hybridized carbons (Fsp3) is 0.647. The SMILES string of the molecule is CCC1(C)C(NC)CC1C(C)(C)c1ccc(F)cc1. The van der Waals surface area contributed by atoms with Crippen LogP contribution in [-0.2, 0) is 5.41 Å². The molecule has 0 amide bonds. The van der Waals surface area contributed by atoms with Gasteiger partial charge in [-0.15, -0.1) is 0 Å². The van der Waals surface area contributed by atoms with Gasteiger partial charge in [-0.05, 0) is 54.3 Å². The summed E-state index contributed by atoms with van der Waals surface area (Å²) >= 11 is 0. The molecule has 1 saturated carbocycles. The standard InChI is InChI=1S/C17H26FN/c1-6-17(4)14(11-15(17)19-5)16(2,3)12-7-9-13(18)10-8-12/h7-10,14-15,19H,6,11H2,1-5H3. The molecule has 2 rings (SSSR count). The Kier molecular flexibility index (Phi) is 3.74. The second-order valence-corrected chi connectivity index (χ2v) is 6.72. The van der Waals surface area contributed by atoms with Crippen LogP contribution in [0.1, 0.15) is 46.1 Å². The van der Waals surface area contributed by atoms with Crippen molar-refractivity contribution < 1.29 is 4.39 Å². The first-order valence-electron chi connectivity index (χ1n) is 7.29. The number of rotatable bonds is 4. The minimum Gasteiger partial charge on any atom is -0.316 e. The van der Waals surface area contributed by atoms with Gasteiger partial charge in [0.25, 0.3) is 0 Å². The van der Waals surface area contributed by atoms with Gasteiger partial charge in [0.15, 0.2) is 0 Å². The summed E-state index contributed by atoms with van der Waals surface area (Å²) in [4.78, 5) is 0. The quantitative estimate of drug-likeness (QED) is 0.861. The molecule has 1 aromatic rings. The van der Waals surface area contributed by atoms with Gasteiger partial charge in [-0.1, -0.05) is 39.8 Å². The van der Waals surface area contributed by atoms with E-state index in [1.54, 1.807) is 12.1 Å². The summed E-state index contributed by atoms with van der Waals surface area (Å²) < 4.78 is 13.1. The maximum atomic E-state index is 13.1. The molecular formula is C17H26FN. The summed E-state index contributed by atoms with van der Waals surface area (Å²) in [5, 5.41) is 3.45. The van der Waals surface area contributed by atoms with Crippen LogP contribution in [-0.4, -0.2) is 13.1 Å². The third-order valence-corrected chi connectivity index (χ3v) is 5.63. The Balaban J connectivity index is 2.28. The molecule has 1 aliphatic carbocycles. The zero-order chi connectivity index (χ0) is 14.3. The molecule has 19 heavy (non-hydrogen) atoms. The van der Waals surface area contributed by atoms with E-state index < -0.39 is 0 Å². The van der Waals surface area contributed by atoms with Gasteiger partial charge in [-0.25, -0.2) is 4.39 Å². The average molecular weight is 263 g/mol. The molecular weight excluding hydrogens is 237 g/mol. The molecule has 1 nitrogen and oxygen atoms in total. The molecule has 0 aliphatic heterocycles. The van der Waals surface area contributed by atoms with Crippen LogP contribution >= 0.6 is 0 Å².